The molecule has 102 valence electrons. The van der Waals surface area contributed by atoms with Gasteiger partial charge < -0.3 is 14.6 Å². The van der Waals surface area contributed by atoms with E-state index in [9.17, 15) is 0 Å². The van der Waals surface area contributed by atoms with Gasteiger partial charge in [0.1, 0.15) is 0 Å². The standard InChI is InChI=1S/C15H21N3O/c1-11-5-7-14(8-6-11)17-15-16-12(2)9-18(15)13(3)10-19-4/h5-9,13H,10H2,1-4H3,(H,16,17). The average molecular weight is 259 g/mol. The van der Waals surface area contributed by atoms with Crippen molar-refractivity contribution in [2.45, 2.75) is 26.8 Å². The number of imidazole rings is 1. The van der Waals surface area contributed by atoms with Gasteiger partial charge in [-0.1, -0.05) is 17.7 Å². The second-order valence-electron chi connectivity index (χ2n) is 4.91. The maximum absolute atomic E-state index is 5.21. The Morgan fingerprint density at radius 1 is 1.26 bits per heavy atom. The third-order valence-corrected chi connectivity index (χ3v) is 3.04. The van der Waals surface area contributed by atoms with Gasteiger partial charge >= 0.3 is 0 Å². The lowest BCUT2D eigenvalue weighted by Gasteiger charge is -2.16. The molecule has 0 fully saturated rings. The molecule has 0 bridgehead atoms. The molecule has 19 heavy (non-hydrogen) atoms. The van der Waals surface area contributed by atoms with Gasteiger partial charge in [0.05, 0.1) is 18.3 Å². The van der Waals surface area contributed by atoms with Crippen molar-refractivity contribution in [3.8, 4) is 0 Å². The smallest absolute Gasteiger partial charge is 0.207 e. The first-order valence-corrected chi connectivity index (χ1v) is 6.48. The zero-order valence-corrected chi connectivity index (χ0v) is 12.0. The van der Waals surface area contributed by atoms with Crippen LogP contribution in [0.25, 0.3) is 0 Å². The van der Waals surface area contributed by atoms with Crippen molar-refractivity contribution in [1.82, 2.24) is 9.55 Å². The van der Waals surface area contributed by atoms with Crippen molar-refractivity contribution in [3.63, 3.8) is 0 Å². The highest BCUT2D eigenvalue weighted by Gasteiger charge is 2.11. The molecule has 1 unspecified atom stereocenters. The molecule has 0 amide bonds. The minimum Gasteiger partial charge on any atom is -0.383 e. The van der Waals surface area contributed by atoms with E-state index < -0.39 is 0 Å². The van der Waals surface area contributed by atoms with Crippen LogP contribution in [-0.2, 0) is 4.74 Å². The van der Waals surface area contributed by atoms with E-state index in [1.54, 1.807) is 7.11 Å². The molecular formula is C15H21N3O. The first kappa shape index (κ1) is 13.6. The quantitative estimate of drug-likeness (QED) is 0.894. The molecule has 2 rings (SSSR count). The summed E-state index contributed by atoms with van der Waals surface area (Å²) in [6.45, 7) is 6.86. The summed E-state index contributed by atoms with van der Waals surface area (Å²) < 4.78 is 7.32. The van der Waals surface area contributed by atoms with Crippen LogP contribution in [0.3, 0.4) is 0 Å². The maximum atomic E-state index is 5.21. The molecule has 2 aromatic rings. The van der Waals surface area contributed by atoms with Crippen molar-refractivity contribution in [2.75, 3.05) is 19.0 Å². The van der Waals surface area contributed by atoms with E-state index in [4.69, 9.17) is 4.74 Å². The van der Waals surface area contributed by atoms with Crippen LogP contribution in [0.2, 0.25) is 0 Å². The fraction of sp³-hybridized carbons (Fsp3) is 0.400. The van der Waals surface area contributed by atoms with E-state index in [-0.39, 0.29) is 6.04 Å². The predicted octanol–water partition coefficient (Wildman–Crippen LogP) is 3.45. The van der Waals surface area contributed by atoms with Crippen molar-refractivity contribution in [3.05, 3.63) is 41.7 Å². The Kier molecular flexibility index (Phi) is 4.22. The van der Waals surface area contributed by atoms with Crippen molar-refractivity contribution >= 4 is 11.6 Å². The van der Waals surface area contributed by atoms with Crippen LogP contribution in [0.1, 0.15) is 24.2 Å². The maximum Gasteiger partial charge on any atom is 0.207 e. The molecule has 0 saturated carbocycles. The number of aromatic nitrogens is 2. The van der Waals surface area contributed by atoms with Gasteiger partial charge in [0.15, 0.2) is 0 Å². The number of nitrogens with one attached hydrogen (secondary N) is 1. The molecule has 0 aliphatic carbocycles. The van der Waals surface area contributed by atoms with E-state index in [2.05, 4.69) is 53.0 Å². The number of anilines is 2. The lowest BCUT2D eigenvalue weighted by molar-refractivity contribution is 0.163. The normalized spacial score (nSPS) is 12.4. The monoisotopic (exact) mass is 259 g/mol. The van der Waals surface area contributed by atoms with Crippen molar-refractivity contribution in [2.24, 2.45) is 0 Å². The van der Waals surface area contributed by atoms with Crippen LogP contribution in [0.5, 0.6) is 0 Å². The van der Waals surface area contributed by atoms with Gasteiger partial charge in [0.2, 0.25) is 5.95 Å². The predicted molar refractivity (Wildman–Crippen MR) is 78.0 cm³/mol. The Hall–Kier alpha value is -1.81. The molecule has 1 N–H and O–H groups in total. The van der Waals surface area contributed by atoms with Crippen LogP contribution in [0.15, 0.2) is 30.5 Å². The molecule has 0 aliphatic rings. The van der Waals surface area contributed by atoms with Gasteiger partial charge in [-0.3, -0.25) is 0 Å². The third kappa shape index (κ3) is 3.35. The third-order valence-electron chi connectivity index (χ3n) is 3.04. The summed E-state index contributed by atoms with van der Waals surface area (Å²) in [5, 5.41) is 3.36. The summed E-state index contributed by atoms with van der Waals surface area (Å²) >= 11 is 0. The van der Waals surface area contributed by atoms with Crippen molar-refractivity contribution < 1.29 is 4.74 Å². The minimum absolute atomic E-state index is 0.249. The van der Waals surface area contributed by atoms with Crippen LogP contribution < -0.4 is 5.32 Å². The van der Waals surface area contributed by atoms with E-state index in [1.165, 1.54) is 5.56 Å². The summed E-state index contributed by atoms with van der Waals surface area (Å²) in [6, 6.07) is 8.54. The van der Waals surface area contributed by atoms with E-state index in [1.807, 2.05) is 13.1 Å². The zero-order valence-electron chi connectivity index (χ0n) is 12.0. The molecule has 4 heteroatoms. The van der Waals surface area contributed by atoms with Crippen LogP contribution in [-0.4, -0.2) is 23.3 Å². The number of methoxy groups -OCH3 is 1. The van der Waals surface area contributed by atoms with Gasteiger partial charge in [-0.25, -0.2) is 4.98 Å². The SMILES string of the molecule is COCC(C)n1cc(C)nc1Nc1ccc(C)cc1. The van der Waals surface area contributed by atoms with Gasteiger partial charge in [-0.05, 0) is 32.9 Å². The molecule has 0 radical (unpaired) electrons. The topological polar surface area (TPSA) is 39.1 Å². The fourth-order valence-electron chi connectivity index (χ4n) is 2.03. The summed E-state index contributed by atoms with van der Waals surface area (Å²) in [4.78, 5) is 4.53. The molecule has 1 atom stereocenters. The highest BCUT2D eigenvalue weighted by atomic mass is 16.5. The molecule has 4 nitrogen and oxygen atoms in total. The number of hydrogen-bond acceptors (Lipinski definition) is 3. The molecular weight excluding hydrogens is 238 g/mol. The molecule has 1 aromatic carbocycles. The number of nitrogens with zero attached hydrogens (tertiary/aromatic N) is 2. The van der Waals surface area contributed by atoms with Gasteiger partial charge in [0, 0.05) is 19.0 Å². The van der Waals surface area contributed by atoms with Gasteiger partial charge in [-0.2, -0.15) is 0 Å². The van der Waals surface area contributed by atoms with Crippen LogP contribution >= 0.6 is 0 Å². The van der Waals surface area contributed by atoms with Gasteiger partial charge in [-0.15, -0.1) is 0 Å². The Balaban J connectivity index is 2.22. The molecule has 1 aromatic heterocycles. The van der Waals surface area contributed by atoms with Crippen LogP contribution in [0.4, 0.5) is 11.6 Å². The first-order valence-electron chi connectivity index (χ1n) is 6.48. The van der Waals surface area contributed by atoms with E-state index >= 15 is 0 Å². The Labute approximate surface area is 114 Å². The molecule has 1 heterocycles. The second-order valence-corrected chi connectivity index (χ2v) is 4.91. The van der Waals surface area contributed by atoms with E-state index in [0.29, 0.717) is 6.61 Å². The Bertz CT molecular complexity index is 531. The number of rotatable bonds is 5. The lowest BCUT2D eigenvalue weighted by atomic mass is 10.2. The number of ether oxygens (including phenoxy) is 1. The van der Waals surface area contributed by atoms with Crippen molar-refractivity contribution in [1.29, 1.82) is 0 Å². The van der Waals surface area contributed by atoms with Gasteiger partial charge in [0.25, 0.3) is 0 Å². The van der Waals surface area contributed by atoms with Crippen LogP contribution in [0, 0.1) is 13.8 Å². The fourth-order valence-corrected chi connectivity index (χ4v) is 2.03. The Morgan fingerprint density at radius 3 is 2.58 bits per heavy atom. The molecule has 0 aliphatic heterocycles. The summed E-state index contributed by atoms with van der Waals surface area (Å²) in [5.41, 5.74) is 3.29. The Morgan fingerprint density at radius 2 is 1.95 bits per heavy atom. The lowest BCUT2D eigenvalue weighted by Crippen LogP contribution is -2.12. The zero-order chi connectivity index (χ0) is 13.8. The summed E-state index contributed by atoms with van der Waals surface area (Å²) in [6.07, 6.45) is 2.04. The summed E-state index contributed by atoms with van der Waals surface area (Å²) in [5.74, 6) is 0.853. The highest BCUT2D eigenvalue weighted by Crippen LogP contribution is 2.20. The number of benzene rings is 1. The number of hydrogen-bond donors (Lipinski definition) is 1. The molecule has 0 saturated heterocycles. The number of aryl methyl sites for hydroxylation is 2. The minimum atomic E-state index is 0.249. The van der Waals surface area contributed by atoms with E-state index in [0.717, 1.165) is 17.3 Å². The average Bonchev–Trinajstić information content (AvgIpc) is 2.74. The first-order chi connectivity index (χ1) is 9.10. The highest BCUT2D eigenvalue weighted by molar-refractivity contribution is 5.54. The largest absolute Gasteiger partial charge is 0.383 e. The summed E-state index contributed by atoms with van der Waals surface area (Å²) in [7, 11) is 1.72. The second kappa shape index (κ2) is 5.89. The molecule has 0 spiro atoms.